The van der Waals surface area contributed by atoms with Crippen molar-refractivity contribution in [3.63, 3.8) is 0 Å². The summed E-state index contributed by atoms with van der Waals surface area (Å²) in [5.74, 6) is -1.26. The standard InChI is InChI=1S/C23H25ClN2O4/c1-15-5-4-7-17(21(15)25-11-13-30-14-12-25)22(27)26-19(9-10-20(26)23(28)29)16-6-2-3-8-18(16)24/h2-8,19-20H,9-14H2,1H3,(H,28,29)/t19-,20+/m1/s1. The highest BCUT2D eigenvalue weighted by molar-refractivity contribution is 6.31. The summed E-state index contributed by atoms with van der Waals surface area (Å²) >= 11 is 6.42. The molecule has 2 aromatic carbocycles. The van der Waals surface area contributed by atoms with E-state index in [2.05, 4.69) is 4.90 Å². The number of carboxylic acid groups (broad SMARTS) is 1. The summed E-state index contributed by atoms with van der Waals surface area (Å²) < 4.78 is 5.47. The molecule has 0 bridgehead atoms. The fourth-order valence-electron chi connectivity index (χ4n) is 4.56. The predicted molar refractivity (Wildman–Crippen MR) is 115 cm³/mol. The van der Waals surface area contributed by atoms with Gasteiger partial charge >= 0.3 is 5.97 Å². The van der Waals surface area contributed by atoms with Crippen LogP contribution in [-0.4, -0.2) is 54.2 Å². The number of carboxylic acids is 1. The molecule has 0 spiro atoms. The molecule has 2 aromatic rings. The van der Waals surface area contributed by atoms with E-state index >= 15 is 0 Å². The minimum atomic E-state index is -0.988. The zero-order chi connectivity index (χ0) is 21.3. The first kappa shape index (κ1) is 20.7. The van der Waals surface area contributed by atoms with Crippen LogP contribution in [0.5, 0.6) is 0 Å². The summed E-state index contributed by atoms with van der Waals surface area (Å²) in [6.45, 7) is 4.58. The molecule has 0 aliphatic carbocycles. The molecule has 0 unspecified atom stereocenters. The van der Waals surface area contributed by atoms with Gasteiger partial charge in [0.25, 0.3) is 5.91 Å². The van der Waals surface area contributed by atoms with Gasteiger partial charge < -0.3 is 19.6 Å². The molecule has 0 radical (unpaired) electrons. The molecule has 6 nitrogen and oxygen atoms in total. The molecule has 0 saturated carbocycles. The van der Waals surface area contributed by atoms with Crippen LogP contribution in [0.2, 0.25) is 5.02 Å². The minimum absolute atomic E-state index is 0.269. The number of para-hydroxylation sites is 1. The van der Waals surface area contributed by atoms with Gasteiger partial charge in [-0.25, -0.2) is 4.79 Å². The van der Waals surface area contributed by atoms with Crippen molar-refractivity contribution in [1.29, 1.82) is 0 Å². The molecule has 7 heteroatoms. The van der Waals surface area contributed by atoms with Gasteiger partial charge in [-0.3, -0.25) is 4.79 Å². The Morgan fingerprint density at radius 3 is 2.50 bits per heavy atom. The number of amides is 1. The van der Waals surface area contributed by atoms with Crippen LogP contribution in [0.15, 0.2) is 42.5 Å². The van der Waals surface area contributed by atoms with Crippen molar-refractivity contribution in [2.75, 3.05) is 31.2 Å². The minimum Gasteiger partial charge on any atom is -0.480 e. The fraction of sp³-hybridized carbons (Fsp3) is 0.391. The summed E-state index contributed by atoms with van der Waals surface area (Å²) in [6, 6.07) is 11.7. The third-order valence-electron chi connectivity index (χ3n) is 5.96. The summed E-state index contributed by atoms with van der Waals surface area (Å²) in [7, 11) is 0. The molecular formula is C23H25ClN2O4. The first-order valence-corrected chi connectivity index (χ1v) is 10.6. The second-order valence-electron chi connectivity index (χ2n) is 7.75. The van der Waals surface area contributed by atoms with Gasteiger partial charge in [-0.15, -0.1) is 0 Å². The van der Waals surface area contributed by atoms with Crippen LogP contribution in [0.3, 0.4) is 0 Å². The van der Waals surface area contributed by atoms with E-state index in [1.54, 1.807) is 12.1 Å². The van der Waals surface area contributed by atoms with Crippen molar-refractivity contribution in [2.45, 2.75) is 31.8 Å². The lowest BCUT2D eigenvalue weighted by Gasteiger charge is -2.34. The molecule has 2 aliphatic rings. The number of likely N-dealkylation sites (tertiary alicyclic amines) is 1. The third kappa shape index (κ3) is 3.77. The molecule has 2 fully saturated rings. The Balaban J connectivity index is 1.77. The van der Waals surface area contributed by atoms with Crippen molar-refractivity contribution in [1.82, 2.24) is 4.90 Å². The average Bonchev–Trinajstić information content (AvgIpc) is 3.19. The van der Waals surface area contributed by atoms with Crippen molar-refractivity contribution >= 4 is 29.2 Å². The monoisotopic (exact) mass is 428 g/mol. The van der Waals surface area contributed by atoms with E-state index in [9.17, 15) is 14.7 Å². The Morgan fingerprint density at radius 2 is 1.80 bits per heavy atom. The normalized spacial score (nSPS) is 21.7. The number of morpholine rings is 1. The number of hydrogen-bond donors (Lipinski definition) is 1. The van der Waals surface area contributed by atoms with E-state index < -0.39 is 12.0 Å². The molecule has 1 amide bonds. The van der Waals surface area contributed by atoms with Gasteiger partial charge in [0.2, 0.25) is 0 Å². The second kappa shape index (κ2) is 8.66. The van der Waals surface area contributed by atoms with Gasteiger partial charge in [-0.1, -0.05) is 41.9 Å². The molecule has 2 aliphatic heterocycles. The zero-order valence-corrected chi connectivity index (χ0v) is 17.6. The highest BCUT2D eigenvalue weighted by atomic mass is 35.5. The Hall–Kier alpha value is -2.57. The van der Waals surface area contributed by atoms with Crippen molar-refractivity contribution in [3.05, 3.63) is 64.2 Å². The van der Waals surface area contributed by atoms with E-state index in [0.29, 0.717) is 49.7 Å². The Bertz CT molecular complexity index is 958. The molecule has 2 saturated heterocycles. The first-order valence-electron chi connectivity index (χ1n) is 10.2. The largest absolute Gasteiger partial charge is 0.480 e. The number of halogens is 1. The summed E-state index contributed by atoms with van der Waals surface area (Å²) in [5.41, 5.74) is 3.17. The lowest BCUT2D eigenvalue weighted by atomic mass is 10.0. The highest BCUT2D eigenvalue weighted by Crippen LogP contribution is 2.41. The zero-order valence-electron chi connectivity index (χ0n) is 16.9. The van der Waals surface area contributed by atoms with Crippen LogP contribution in [0, 0.1) is 6.92 Å². The van der Waals surface area contributed by atoms with Crippen LogP contribution >= 0.6 is 11.6 Å². The van der Waals surface area contributed by atoms with Gasteiger partial charge in [-0.05, 0) is 43.0 Å². The molecule has 1 N–H and O–H groups in total. The van der Waals surface area contributed by atoms with E-state index in [1.165, 1.54) is 4.90 Å². The number of benzene rings is 2. The fourth-order valence-corrected chi connectivity index (χ4v) is 4.83. The molecule has 2 atom stereocenters. The average molecular weight is 429 g/mol. The smallest absolute Gasteiger partial charge is 0.326 e. The molecular weight excluding hydrogens is 404 g/mol. The van der Waals surface area contributed by atoms with Gasteiger partial charge in [0.05, 0.1) is 30.5 Å². The summed E-state index contributed by atoms with van der Waals surface area (Å²) in [5, 5.41) is 10.4. The van der Waals surface area contributed by atoms with Crippen molar-refractivity contribution in [2.24, 2.45) is 0 Å². The number of aliphatic carboxylic acids is 1. The van der Waals surface area contributed by atoms with Gasteiger partial charge in [0.1, 0.15) is 6.04 Å². The quantitative estimate of drug-likeness (QED) is 0.799. The molecule has 2 heterocycles. The lowest BCUT2D eigenvalue weighted by Crippen LogP contribution is -2.43. The molecule has 4 rings (SSSR count). The predicted octanol–water partition coefficient (Wildman–Crippen LogP) is 3.92. The first-order chi connectivity index (χ1) is 14.5. The van der Waals surface area contributed by atoms with Crippen LogP contribution in [0.25, 0.3) is 0 Å². The maximum absolute atomic E-state index is 13.8. The Morgan fingerprint density at radius 1 is 1.07 bits per heavy atom. The SMILES string of the molecule is Cc1cccc(C(=O)N2[C@@H](c3ccccc3Cl)CC[C@H]2C(=O)O)c1N1CCOCC1. The topological polar surface area (TPSA) is 70.1 Å². The third-order valence-corrected chi connectivity index (χ3v) is 6.31. The van der Waals surface area contributed by atoms with E-state index in [0.717, 1.165) is 16.8 Å². The second-order valence-corrected chi connectivity index (χ2v) is 8.16. The number of anilines is 1. The van der Waals surface area contributed by atoms with Crippen LogP contribution in [-0.2, 0) is 9.53 Å². The molecule has 30 heavy (non-hydrogen) atoms. The van der Waals surface area contributed by atoms with Crippen molar-refractivity contribution in [3.8, 4) is 0 Å². The highest BCUT2D eigenvalue weighted by Gasteiger charge is 2.43. The Kier molecular flexibility index (Phi) is 5.97. The number of carbonyl (C=O) groups excluding carboxylic acids is 1. The number of carbonyl (C=O) groups is 2. The van der Waals surface area contributed by atoms with Crippen LogP contribution in [0.4, 0.5) is 5.69 Å². The number of aryl methyl sites for hydroxylation is 1. The number of rotatable bonds is 4. The lowest BCUT2D eigenvalue weighted by molar-refractivity contribution is -0.141. The number of nitrogens with zero attached hydrogens (tertiary/aromatic N) is 2. The maximum Gasteiger partial charge on any atom is 0.326 e. The van der Waals surface area contributed by atoms with E-state index in [4.69, 9.17) is 16.3 Å². The van der Waals surface area contributed by atoms with Gasteiger partial charge in [0.15, 0.2) is 0 Å². The van der Waals surface area contributed by atoms with E-state index in [-0.39, 0.29) is 11.9 Å². The number of hydrogen-bond acceptors (Lipinski definition) is 4. The number of ether oxygens (including phenoxy) is 1. The summed E-state index contributed by atoms with van der Waals surface area (Å²) in [4.78, 5) is 29.5. The maximum atomic E-state index is 13.8. The van der Waals surface area contributed by atoms with Gasteiger partial charge in [0, 0.05) is 18.1 Å². The molecule has 158 valence electrons. The van der Waals surface area contributed by atoms with Crippen LogP contribution in [0.1, 0.15) is 40.4 Å². The van der Waals surface area contributed by atoms with Gasteiger partial charge in [-0.2, -0.15) is 0 Å². The molecule has 0 aromatic heterocycles. The van der Waals surface area contributed by atoms with Crippen molar-refractivity contribution < 1.29 is 19.4 Å². The van der Waals surface area contributed by atoms with E-state index in [1.807, 2.05) is 37.3 Å². The Labute approximate surface area is 181 Å². The summed E-state index contributed by atoms with van der Waals surface area (Å²) in [6.07, 6.45) is 0.959. The van der Waals surface area contributed by atoms with Crippen LogP contribution < -0.4 is 4.90 Å².